The Balaban J connectivity index is 1.94. The average molecular weight is 324 g/mol. The molecule has 3 rings (SSSR count). The predicted molar refractivity (Wildman–Crippen MR) is 79.9 cm³/mol. The topological polar surface area (TPSA) is 29.3 Å². The molecule has 18 heavy (non-hydrogen) atoms. The van der Waals surface area contributed by atoms with Crippen molar-refractivity contribution in [1.29, 1.82) is 0 Å². The van der Waals surface area contributed by atoms with Crippen LogP contribution in [0.4, 0.5) is 11.4 Å². The minimum Gasteiger partial charge on any atom is -0.398 e. The Bertz CT molecular complexity index is 613. The molecule has 4 heteroatoms. The van der Waals surface area contributed by atoms with Crippen LogP contribution in [0.25, 0.3) is 0 Å². The molecule has 92 valence electrons. The predicted octanol–water partition coefficient (Wildman–Crippen LogP) is 4.20. The number of hydrogen-bond acceptors (Lipinski definition) is 2. The highest BCUT2D eigenvalue weighted by Gasteiger charge is 2.21. The van der Waals surface area contributed by atoms with Gasteiger partial charge in [0.1, 0.15) is 0 Å². The molecule has 0 aromatic heterocycles. The molecule has 1 heterocycles. The molecule has 0 amide bonds. The van der Waals surface area contributed by atoms with Gasteiger partial charge in [0.25, 0.3) is 0 Å². The number of nitrogen functional groups attached to an aromatic ring is 1. The van der Waals surface area contributed by atoms with Crippen molar-refractivity contribution in [3.05, 3.63) is 57.0 Å². The van der Waals surface area contributed by atoms with E-state index in [2.05, 4.69) is 26.9 Å². The first kappa shape index (κ1) is 11.9. The van der Waals surface area contributed by atoms with Crippen LogP contribution >= 0.6 is 27.5 Å². The van der Waals surface area contributed by atoms with Gasteiger partial charge in [-0.05, 0) is 51.3 Å². The molecule has 0 fully saturated rings. The molecule has 2 nitrogen and oxygen atoms in total. The van der Waals surface area contributed by atoms with Gasteiger partial charge in [-0.15, -0.1) is 0 Å². The molecular weight excluding hydrogens is 312 g/mol. The number of halogens is 2. The molecule has 0 atom stereocenters. The second-order valence-electron chi connectivity index (χ2n) is 4.44. The van der Waals surface area contributed by atoms with Gasteiger partial charge < -0.3 is 10.6 Å². The maximum atomic E-state index is 6.02. The molecule has 2 aromatic rings. The van der Waals surface area contributed by atoms with E-state index in [1.807, 2.05) is 30.3 Å². The zero-order valence-corrected chi connectivity index (χ0v) is 12.0. The lowest BCUT2D eigenvalue weighted by Crippen LogP contribution is -2.14. The van der Waals surface area contributed by atoms with Crippen molar-refractivity contribution in [1.82, 2.24) is 0 Å². The number of fused-ring (bicyclic) bond motifs is 1. The highest BCUT2D eigenvalue weighted by atomic mass is 79.9. The lowest BCUT2D eigenvalue weighted by Gasteiger charge is -2.18. The van der Waals surface area contributed by atoms with Gasteiger partial charge in [0.15, 0.2) is 0 Å². The summed E-state index contributed by atoms with van der Waals surface area (Å²) in [4.78, 5) is 2.29. The molecule has 0 aliphatic carbocycles. The number of hydrogen-bond donors (Lipinski definition) is 1. The standard InChI is InChI=1S/C14H12BrClN2/c15-12-6-10(4-5-13(12)16)18-7-9-2-1-3-14(17)11(9)8-18/h1-6H,7-8,17H2. The first-order valence-corrected chi connectivity index (χ1v) is 6.88. The van der Waals surface area contributed by atoms with Crippen molar-refractivity contribution in [2.75, 3.05) is 10.6 Å². The lowest BCUT2D eigenvalue weighted by molar-refractivity contribution is 0.880. The van der Waals surface area contributed by atoms with Crippen LogP contribution in [-0.2, 0) is 13.1 Å². The van der Waals surface area contributed by atoms with Gasteiger partial charge in [-0.25, -0.2) is 0 Å². The van der Waals surface area contributed by atoms with Crippen LogP contribution in [0.3, 0.4) is 0 Å². The van der Waals surface area contributed by atoms with Crippen LogP contribution in [0.15, 0.2) is 40.9 Å². The molecule has 1 aliphatic heterocycles. The lowest BCUT2D eigenvalue weighted by atomic mass is 10.1. The molecule has 0 saturated heterocycles. The highest BCUT2D eigenvalue weighted by Crippen LogP contribution is 2.34. The van der Waals surface area contributed by atoms with E-state index in [-0.39, 0.29) is 0 Å². The Morgan fingerprint density at radius 2 is 2.00 bits per heavy atom. The summed E-state index contributed by atoms with van der Waals surface area (Å²) >= 11 is 9.48. The van der Waals surface area contributed by atoms with Crippen molar-refractivity contribution in [2.24, 2.45) is 0 Å². The van der Waals surface area contributed by atoms with E-state index in [0.717, 1.165) is 34.0 Å². The number of rotatable bonds is 1. The average Bonchev–Trinajstić information content (AvgIpc) is 2.78. The third-order valence-corrected chi connectivity index (χ3v) is 4.50. The minimum absolute atomic E-state index is 0.731. The summed E-state index contributed by atoms with van der Waals surface area (Å²) in [5, 5.41) is 0.731. The van der Waals surface area contributed by atoms with Crippen molar-refractivity contribution < 1.29 is 0 Å². The summed E-state index contributed by atoms with van der Waals surface area (Å²) in [7, 11) is 0. The quantitative estimate of drug-likeness (QED) is 0.797. The molecule has 2 aromatic carbocycles. The molecule has 0 bridgehead atoms. The van der Waals surface area contributed by atoms with E-state index < -0.39 is 0 Å². The second kappa shape index (κ2) is 4.48. The van der Waals surface area contributed by atoms with Gasteiger partial charge in [-0.2, -0.15) is 0 Å². The SMILES string of the molecule is Nc1cccc2c1CN(c1ccc(Cl)c(Br)c1)C2. The van der Waals surface area contributed by atoms with Gasteiger partial charge in [0.05, 0.1) is 5.02 Å². The van der Waals surface area contributed by atoms with Crippen LogP contribution in [0.2, 0.25) is 5.02 Å². The maximum Gasteiger partial charge on any atom is 0.0549 e. The number of benzene rings is 2. The summed E-state index contributed by atoms with van der Waals surface area (Å²) in [6.45, 7) is 1.75. The van der Waals surface area contributed by atoms with E-state index in [1.165, 1.54) is 11.1 Å². The van der Waals surface area contributed by atoms with Gasteiger partial charge in [0, 0.05) is 28.9 Å². The zero-order chi connectivity index (χ0) is 12.7. The Morgan fingerprint density at radius 3 is 2.72 bits per heavy atom. The van der Waals surface area contributed by atoms with Gasteiger partial charge in [-0.1, -0.05) is 23.7 Å². The van der Waals surface area contributed by atoms with E-state index in [1.54, 1.807) is 0 Å². The third kappa shape index (κ3) is 1.98. The Kier molecular flexibility index (Phi) is 2.96. The minimum atomic E-state index is 0.731. The van der Waals surface area contributed by atoms with E-state index >= 15 is 0 Å². The van der Waals surface area contributed by atoms with Crippen LogP contribution < -0.4 is 10.6 Å². The number of nitrogens with zero attached hydrogens (tertiary/aromatic N) is 1. The van der Waals surface area contributed by atoms with Crippen molar-refractivity contribution in [3.8, 4) is 0 Å². The molecule has 1 aliphatic rings. The van der Waals surface area contributed by atoms with E-state index in [4.69, 9.17) is 17.3 Å². The smallest absolute Gasteiger partial charge is 0.0549 e. The van der Waals surface area contributed by atoms with Crippen LogP contribution in [0.1, 0.15) is 11.1 Å². The molecule has 2 N–H and O–H groups in total. The molecule has 0 spiro atoms. The van der Waals surface area contributed by atoms with Gasteiger partial charge in [0.2, 0.25) is 0 Å². The van der Waals surface area contributed by atoms with Crippen LogP contribution in [0, 0.1) is 0 Å². The molecule has 0 saturated carbocycles. The second-order valence-corrected chi connectivity index (χ2v) is 5.70. The Morgan fingerprint density at radius 1 is 1.17 bits per heavy atom. The van der Waals surface area contributed by atoms with Crippen molar-refractivity contribution in [2.45, 2.75) is 13.1 Å². The molecule has 0 radical (unpaired) electrons. The van der Waals surface area contributed by atoms with Gasteiger partial charge >= 0.3 is 0 Å². The first-order valence-electron chi connectivity index (χ1n) is 5.71. The summed E-state index contributed by atoms with van der Waals surface area (Å²) in [6, 6.07) is 12.1. The molecular formula is C14H12BrClN2. The Hall–Kier alpha value is -1.19. The third-order valence-electron chi connectivity index (χ3n) is 3.29. The fourth-order valence-corrected chi connectivity index (χ4v) is 2.80. The summed E-state index contributed by atoms with van der Waals surface area (Å²) < 4.78 is 0.922. The fourth-order valence-electron chi connectivity index (χ4n) is 2.31. The monoisotopic (exact) mass is 322 g/mol. The number of anilines is 2. The van der Waals surface area contributed by atoms with Crippen LogP contribution in [-0.4, -0.2) is 0 Å². The van der Waals surface area contributed by atoms with E-state index in [0.29, 0.717) is 0 Å². The van der Waals surface area contributed by atoms with Crippen molar-refractivity contribution >= 4 is 38.9 Å². The zero-order valence-electron chi connectivity index (χ0n) is 9.66. The van der Waals surface area contributed by atoms with E-state index in [9.17, 15) is 0 Å². The molecule has 0 unspecified atom stereocenters. The maximum absolute atomic E-state index is 6.02. The first-order chi connectivity index (χ1) is 8.65. The largest absolute Gasteiger partial charge is 0.398 e. The summed E-state index contributed by atoms with van der Waals surface area (Å²) in [5.74, 6) is 0. The number of nitrogens with two attached hydrogens (primary N) is 1. The van der Waals surface area contributed by atoms with Gasteiger partial charge in [-0.3, -0.25) is 0 Å². The summed E-state index contributed by atoms with van der Waals surface area (Å²) in [6.07, 6.45) is 0. The summed E-state index contributed by atoms with van der Waals surface area (Å²) in [5.41, 5.74) is 10.6. The highest BCUT2D eigenvalue weighted by molar-refractivity contribution is 9.10. The fraction of sp³-hybridized carbons (Fsp3) is 0.143. The van der Waals surface area contributed by atoms with Crippen molar-refractivity contribution in [3.63, 3.8) is 0 Å². The normalized spacial score (nSPS) is 13.8. The Labute approximate surface area is 119 Å². The van der Waals surface area contributed by atoms with Crippen LogP contribution in [0.5, 0.6) is 0 Å².